The van der Waals surface area contributed by atoms with Crippen LogP contribution in [0.3, 0.4) is 0 Å². The van der Waals surface area contributed by atoms with Crippen molar-refractivity contribution in [2.45, 2.75) is 46.5 Å². The summed E-state index contributed by atoms with van der Waals surface area (Å²) in [5, 5.41) is 0. The van der Waals surface area contributed by atoms with Gasteiger partial charge < -0.3 is 5.73 Å². The fraction of sp³-hybridized carbons (Fsp3) is 1.00. The number of unbranched alkanes of at least 4 members (excludes halogenated alkanes) is 1. The molecule has 0 aliphatic heterocycles. The molecular weight excluding hydrogens is 134 g/mol. The maximum atomic E-state index is 5.51. The molecule has 0 aromatic heterocycles. The van der Waals surface area contributed by atoms with Crippen LogP contribution in [0.1, 0.15) is 46.5 Å². The summed E-state index contributed by atoms with van der Waals surface area (Å²) < 4.78 is 0. The Kier molecular flexibility index (Phi) is 6.63. The van der Waals surface area contributed by atoms with E-state index in [2.05, 4.69) is 20.8 Å². The Morgan fingerprint density at radius 1 is 1.00 bits per heavy atom. The molecule has 0 aromatic rings. The second-order valence-electron chi connectivity index (χ2n) is 4.02. The molecule has 0 amide bonds. The summed E-state index contributed by atoms with van der Waals surface area (Å²) >= 11 is 0. The van der Waals surface area contributed by atoms with Gasteiger partial charge in [0.15, 0.2) is 0 Å². The van der Waals surface area contributed by atoms with Crippen LogP contribution in [-0.4, -0.2) is 6.54 Å². The number of hydrogen-bond acceptors (Lipinski definition) is 1. The van der Waals surface area contributed by atoms with E-state index < -0.39 is 0 Å². The van der Waals surface area contributed by atoms with E-state index in [0.29, 0.717) is 0 Å². The van der Waals surface area contributed by atoms with Crippen molar-refractivity contribution in [1.82, 2.24) is 0 Å². The van der Waals surface area contributed by atoms with Gasteiger partial charge in [0.1, 0.15) is 0 Å². The summed E-state index contributed by atoms with van der Waals surface area (Å²) in [5.41, 5.74) is 5.51. The first-order chi connectivity index (χ1) is 5.16. The Hall–Kier alpha value is -0.0400. The van der Waals surface area contributed by atoms with E-state index >= 15 is 0 Å². The molecule has 0 radical (unpaired) electrons. The van der Waals surface area contributed by atoms with Gasteiger partial charge in [-0.25, -0.2) is 0 Å². The summed E-state index contributed by atoms with van der Waals surface area (Å²) in [6, 6.07) is 0. The van der Waals surface area contributed by atoms with Gasteiger partial charge in [0.2, 0.25) is 0 Å². The van der Waals surface area contributed by atoms with Gasteiger partial charge in [0, 0.05) is 0 Å². The third kappa shape index (κ3) is 7.86. The highest BCUT2D eigenvalue weighted by Crippen LogP contribution is 2.11. The van der Waals surface area contributed by atoms with Crippen molar-refractivity contribution in [3.63, 3.8) is 0 Å². The molecule has 11 heavy (non-hydrogen) atoms. The van der Waals surface area contributed by atoms with Gasteiger partial charge in [0.05, 0.1) is 0 Å². The predicted molar refractivity (Wildman–Crippen MR) is 51.5 cm³/mol. The van der Waals surface area contributed by atoms with E-state index in [1.807, 2.05) is 0 Å². The SMILES string of the molecule is CC(C)CCCCC(C)CN. The Bertz CT molecular complexity index is 78.9. The zero-order chi connectivity index (χ0) is 8.69. The topological polar surface area (TPSA) is 26.0 Å². The smallest absolute Gasteiger partial charge is 0.00515 e. The van der Waals surface area contributed by atoms with Crippen LogP contribution in [0.4, 0.5) is 0 Å². The average Bonchev–Trinajstić information content (AvgIpc) is 1.97. The van der Waals surface area contributed by atoms with E-state index in [9.17, 15) is 0 Å². The van der Waals surface area contributed by atoms with Gasteiger partial charge in [-0.1, -0.05) is 40.0 Å². The molecule has 0 aromatic carbocycles. The fourth-order valence-corrected chi connectivity index (χ4v) is 1.16. The van der Waals surface area contributed by atoms with Crippen LogP contribution in [0.25, 0.3) is 0 Å². The highest BCUT2D eigenvalue weighted by atomic mass is 14.5. The number of nitrogens with two attached hydrogens (primary N) is 1. The molecule has 0 spiro atoms. The normalized spacial score (nSPS) is 13.9. The van der Waals surface area contributed by atoms with E-state index in [0.717, 1.165) is 18.4 Å². The maximum absolute atomic E-state index is 5.51. The van der Waals surface area contributed by atoms with E-state index in [-0.39, 0.29) is 0 Å². The molecule has 0 bridgehead atoms. The van der Waals surface area contributed by atoms with Crippen LogP contribution in [-0.2, 0) is 0 Å². The summed E-state index contributed by atoms with van der Waals surface area (Å²) in [7, 11) is 0. The predicted octanol–water partition coefficient (Wildman–Crippen LogP) is 2.80. The average molecular weight is 157 g/mol. The van der Waals surface area contributed by atoms with Gasteiger partial charge in [-0.2, -0.15) is 0 Å². The summed E-state index contributed by atoms with van der Waals surface area (Å²) in [6.07, 6.45) is 5.42. The second-order valence-corrected chi connectivity index (χ2v) is 4.02. The van der Waals surface area contributed by atoms with Crippen LogP contribution in [0.2, 0.25) is 0 Å². The number of rotatable bonds is 6. The molecule has 1 atom stereocenters. The van der Waals surface area contributed by atoms with Crippen LogP contribution in [0.5, 0.6) is 0 Å². The zero-order valence-corrected chi connectivity index (χ0v) is 8.27. The highest BCUT2D eigenvalue weighted by Gasteiger charge is 1.99. The van der Waals surface area contributed by atoms with Gasteiger partial charge in [-0.15, -0.1) is 0 Å². The first kappa shape index (κ1) is 11.0. The Morgan fingerprint density at radius 3 is 2.00 bits per heavy atom. The molecule has 2 N–H and O–H groups in total. The summed E-state index contributed by atoms with van der Waals surface area (Å²) in [6.45, 7) is 7.65. The zero-order valence-electron chi connectivity index (χ0n) is 8.27. The lowest BCUT2D eigenvalue weighted by molar-refractivity contribution is 0.468. The van der Waals surface area contributed by atoms with Crippen molar-refractivity contribution in [3.8, 4) is 0 Å². The Balaban J connectivity index is 3.01. The Labute approximate surface area is 71.4 Å². The molecule has 0 fully saturated rings. The molecule has 0 aliphatic carbocycles. The van der Waals surface area contributed by atoms with Crippen LogP contribution in [0.15, 0.2) is 0 Å². The summed E-state index contributed by atoms with van der Waals surface area (Å²) in [5.74, 6) is 1.59. The first-order valence-corrected chi connectivity index (χ1v) is 4.87. The largest absolute Gasteiger partial charge is 0.330 e. The molecular formula is C10H23N. The van der Waals surface area contributed by atoms with E-state index in [1.54, 1.807) is 0 Å². The monoisotopic (exact) mass is 157 g/mol. The van der Waals surface area contributed by atoms with Crippen molar-refractivity contribution in [2.75, 3.05) is 6.54 Å². The van der Waals surface area contributed by atoms with Gasteiger partial charge in [-0.3, -0.25) is 0 Å². The van der Waals surface area contributed by atoms with E-state index in [1.165, 1.54) is 25.7 Å². The molecule has 0 saturated heterocycles. The number of hydrogen-bond donors (Lipinski definition) is 1. The van der Waals surface area contributed by atoms with Crippen LogP contribution < -0.4 is 5.73 Å². The van der Waals surface area contributed by atoms with Crippen molar-refractivity contribution < 1.29 is 0 Å². The molecule has 0 rings (SSSR count). The molecule has 1 nitrogen and oxygen atoms in total. The maximum Gasteiger partial charge on any atom is -0.00515 e. The molecule has 0 saturated carbocycles. The van der Waals surface area contributed by atoms with E-state index in [4.69, 9.17) is 5.73 Å². The van der Waals surface area contributed by atoms with Crippen LogP contribution in [0, 0.1) is 11.8 Å². The first-order valence-electron chi connectivity index (χ1n) is 4.87. The van der Waals surface area contributed by atoms with Crippen molar-refractivity contribution in [2.24, 2.45) is 17.6 Å². The summed E-state index contributed by atoms with van der Waals surface area (Å²) in [4.78, 5) is 0. The lowest BCUT2D eigenvalue weighted by Crippen LogP contribution is -2.10. The minimum Gasteiger partial charge on any atom is -0.330 e. The van der Waals surface area contributed by atoms with Crippen molar-refractivity contribution in [3.05, 3.63) is 0 Å². The quantitative estimate of drug-likeness (QED) is 0.589. The molecule has 1 heteroatoms. The highest BCUT2D eigenvalue weighted by molar-refractivity contribution is 4.54. The minimum atomic E-state index is 0.724. The second kappa shape index (κ2) is 6.66. The third-order valence-corrected chi connectivity index (χ3v) is 2.13. The molecule has 1 unspecified atom stereocenters. The third-order valence-electron chi connectivity index (χ3n) is 2.13. The lowest BCUT2D eigenvalue weighted by Gasteiger charge is -2.08. The van der Waals surface area contributed by atoms with Crippen molar-refractivity contribution >= 4 is 0 Å². The van der Waals surface area contributed by atoms with Gasteiger partial charge in [-0.05, 0) is 24.8 Å². The molecule has 68 valence electrons. The van der Waals surface area contributed by atoms with Crippen molar-refractivity contribution in [1.29, 1.82) is 0 Å². The molecule has 0 aliphatic rings. The minimum absolute atomic E-state index is 0.724. The lowest BCUT2D eigenvalue weighted by atomic mass is 10.0. The standard InChI is InChI=1S/C10H23N/c1-9(2)6-4-5-7-10(3)8-11/h9-10H,4-8,11H2,1-3H3. The molecule has 0 heterocycles. The Morgan fingerprint density at radius 2 is 1.55 bits per heavy atom. The van der Waals surface area contributed by atoms with Gasteiger partial charge >= 0.3 is 0 Å². The van der Waals surface area contributed by atoms with Crippen LogP contribution >= 0.6 is 0 Å². The fourth-order valence-electron chi connectivity index (χ4n) is 1.16. The van der Waals surface area contributed by atoms with Gasteiger partial charge in [0.25, 0.3) is 0 Å².